The Morgan fingerprint density at radius 3 is 2.65 bits per heavy atom. The SMILES string of the molecule is COc1ccc(Br)cc1/C=N\OC(=O)c1ccccc1. The molecule has 0 saturated heterocycles. The molecular weight excluding hydrogens is 322 g/mol. The number of carbonyl (C=O) groups is 1. The van der Waals surface area contributed by atoms with Gasteiger partial charge in [0.05, 0.1) is 18.9 Å². The molecule has 0 amide bonds. The molecule has 0 spiro atoms. The number of nitrogens with zero attached hydrogens (tertiary/aromatic N) is 1. The Balaban J connectivity index is 2.07. The van der Waals surface area contributed by atoms with Crippen molar-refractivity contribution in [2.24, 2.45) is 5.16 Å². The highest BCUT2D eigenvalue weighted by Crippen LogP contribution is 2.21. The van der Waals surface area contributed by atoms with Crippen molar-refractivity contribution in [2.45, 2.75) is 0 Å². The summed E-state index contributed by atoms with van der Waals surface area (Å²) in [6.45, 7) is 0. The zero-order chi connectivity index (χ0) is 14.4. The molecule has 0 aliphatic rings. The van der Waals surface area contributed by atoms with Crippen LogP contribution in [0, 0.1) is 0 Å². The van der Waals surface area contributed by atoms with Crippen molar-refractivity contribution < 1.29 is 14.4 Å². The van der Waals surface area contributed by atoms with E-state index in [1.807, 2.05) is 18.2 Å². The van der Waals surface area contributed by atoms with E-state index in [0.29, 0.717) is 16.9 Å². The Morgan fingerprint density at radius 2 is 1.95 bits per heavy atom. The van der Waals surface area contributed by atoms with Crippen LogP contribution in [0.1, 0.15) is 15.9 Å². The van der Waals surface area contributed by atoms with Gasteiger partial charge in [0.15, 0.2) is 0 Å². The molecule has 2 aromatic carbocycles. The lowest BCUT2D eigenvalue weighted by atomic mass is 10.2. The molecule has 0 unspecified atom stereocenters. The number of methoxy groups -OCH3 is 1. The maximum atomic E-state index is 11.7. The van der Waals surface area contributed by atoms with Crippen LogP contribution in [-0.4, -0.2) is 19.3 Å². The van der Waals surface area contributed by atoms with Gasteiger partial charge in [-0.1, -0.05) is 39.3 Å². The Labute approximate surface area is 125 Å². The van der Waals surface area contributed by atoms with E-state index >= 15 is 0 Å². The quantitative estimate of drug-likeness (QED) is 0.487. The molecular formula is C15H12BrNO3. The predicted molar refractivity (Wildman–Crippen MR) is 80.1 cm³/mol. The standard InChI is InChI=1S/C15H12BrNO3/c1-19-14-8-7-13(16)9-12(14)10-17-20-15(18)11-5-3-2-4-6-11/h2-10H,1H3/b17-10-. The molecule has 0 N–H and O–H groups in total. The number of halogens is 1. The molecule has 0 radical (unpaired) electrons. The fourth-order valence-electron chi connectivity index (χ4n) is 1.56. The van der Waals surface area contributed by atoms with E-state index in [0.717, 1.165) is 4.47 Å². The highest BCUT2D eigenvalue weighted by Gasteiger charge is 2.05. The molecule has 0 saturated carbocycles. The normalized spacial score (nSPS) is 10.5. The van der Waals surface area contributed by atoms with Crippen molar-refractivity contribution in [1.29, 1.82) is 0 Å². The molecule has 0 heterocycles. The fraction of sp³-hybridized carbons (Fsp3) is 0.0667. The van der Waals surface area contributed by atoms with E-state index in [2.05, 4.69) is 21.1 Å². The number of ether oxygens (including phenoxy) is 1. The first-order valence-electron chi connectivity index (χ1n) is 5.84. The Bertz CT molecular complexity index is 626. The third-order valence-corrected chi connectivity index (χ3v) is 3.02. The maximum absolute atomic E-state index is 11.7. The summed E-state index contributed by atoms with van der Waals surface area (Å²) in [6.07, 6.45) is 1.43. The van der Waals surface area contributed by atoms with Crippen molar-refractivity contribution in [2.75, 3.05) is 7.11 Å². The minimum Gasteiger partial charge on any atom is -0.496 e. The average Bonchev–Trinajstić information content (AvgIpc) is 2.48. The molecule has 102 valence electrons. The molecule has 0 aliphatic carbocycles. The molecule has 4 nitrogen and oxygen atoms in total. The van der Waals surface area contributed by atoms with E-state index in [9.17, 15) is 4.79 Å². The lowest BCUT2D eigenvalue weighted by molar-refractivity contribution is 0.0519. The zero-order valence-electron chi connectivity index (χ0n) is 10.7. The third-order valence-electron chi connectivity index (χ3n) is 2.53. The van der Waals surface area contributed by atoms with E-state index in [4.69, 9.17) is 9.57 Å². The van der Waals surface area contributed by atoms with Gasteiger partial charge in [0.1, 0.15) is 5.75 Å². The topological polar surface area (TPSA) is 47.9 Å². The monoisotopic (exact) mass is 333 g/mol. The van der Waals surface area contributed by atoms with Crippen LogP contribution in [-0.2, 0) is 4.84 Å². The number of carbonyl (C=O) groups excluding carboxylic acids is 1. The van der Waals surface area contributed by atoms with Gasteiger partial charge in [0.25, 0.3) is 0 Å². The summed E-state index contributed by atoms with van der Waals surface area (Å²) in [6, 6.07) is 14.1. The van der Waals surface area contributed by atoms with Crippen molar-refractivity contribution in [3.05, 3.63) is 64.1 Å². The average molecular weight is 334 g/mol. The van der Waals surface area contributed by atoms with Gasteiger partial charge in [-0.05, 0) is 30.3 Å². The predicted octanol–water partition coefficient (Wildman–Crippen LogP) is 3.65. The molecule has 5 heteroatoms. The number of hydrogen-bond donors (Lipinski definition) is 0. The minimum absolute atomic E-state index is 0.450. The van der Waals surface area contributed by atoms with E-state index in [1.54, 1.807) is 37.4 Å². The highest BCUT2D eigenvalue weighted by molar-refractivity contribution is 9.10. The van der Waals surface area contributed by atoms with Crippen molar-refractivity contribution in [1.82, 2.24) is 0 Å². The molecule has 20 heavy (non-hydrogen) atoms. The van der Waals surface area contributed by atoms with Crippen LogP contribution < -0.4 is 4.74 Å². The van der Waals surface area contributed by atoms with Crippen LogP contribution in [0.5, 0.6) is 5.75 Å². The van der Waals surface area contributed by atoms with Crippen LogP contribution >= 0.6 is 15.9 Å². The van der Waals surface area contributed by atoms with Crippen LogP contribution in [0.3, 0.4) is 0 Å². The molecule has 0 aliphatic heterocycles. The lowest BCUT2D eigenvalue weighted by Crippen LogP contribution is -2.00. The van der Waals surface area contributed by atoms with Gasteiger partial charge >= 0.3 is 5.97 Å². The second kappa shape index (κ2) is 6.86. The summed E-state index contributed by atoms with van der Waals surface area (Å²) in [4.78, 5) is 16.5. The van der Waals surface area contributed by atoms with Crippen LogP contribution in [0.25, 0.3) is 0 Å². The molecule has 0 aromatic heterocycles. The first kappa shape index (κ1) is 14.3. The first-order chi connectivity index (χ1) is 9.70. The molecule has 0 fully saturated rings. The van der Waals surface area contributed by atoms with Crippen LogP contribution in [0.4, 0.5) is 0 Å². The summed E-state index contributed by atoms with van der Waals surface area (Å²) in [5.41, 5.74) is 1.16. The Morgan fingerprint density at radius 1 is 1.20 bits per heavy atom. The van der Waals surface area contributed by atoms with Gasteiger partial charge in [-0.3, -0.25) is 0 Å². The van der Waals surface area contributed by atoms with E-state index in [1.165, 1.54) is 6.21 Å². The van der Waals surface area contributed by atoms with Gasteiger partial charge < -0.3 is 9.57 Å². The fourth-order valence-corrected chi connectivity index (χ4v) is 1.94. The number of rotatable bonds is 4. The third kappa shape index (κ3) is 3.68. The van der Waals surface area contributed by atoms with Crippen molar-refractivity contribution in [3.63, 3.8) is 0 Å². The van der Waals surface area contributed by atoms with Crippen LogP contribution in [0.15, 0.2) is 58.2 Å². The summed E-state index contributed by atoms with van der Waals surface area (Å²) >= 11 is 3.36. The van der Waals surface area contributed by atoms with Gasteiger partial charge in [-0.2, -0.15) is 0 Å². The summed E-state index contributed by atoms with van der Waals surface area (Å²) in [5.74, 6) is 0.142. The minimum atomic E-state index is -0.504. The van der Waals surface area contributed by atoms with E-state index in [-0.39, 0.29) is 0 Å². The number of hydrogen-bond acceptors (Lipinski definition) is 4. The first-order valence-corrected chi connectivity index (χ1v) is 6.63. The van der Waals surface area contributed by atoms with E-state index < -0.39 is 5.97 Å². The van der Waals surface area contributed by atoms with Crippen LogP contribution in [0.2, 0.25) is 0 Å². The second-order valence-electron chi connectivity index (χ2n) is 3.87. The van der Waals surface area contributed by atoms with Crippen molar-refractivity contribution in [3.8, 4) is 5.75 Å². The second-order valence-corrected chi connectivity index (χ2v) is 4.78. The largest absolute Gasteiger partial charge is 0.496 e. The Kier molecular flexibility index (Phi) is 4.90. The number of benzene rings is 2. The smallest absolute Gasteiger partial charge is 0.365 e. The summed E-state index contributed by atoms with van der Waals surface area (Å²) in [7, 11) is 1.57. The Hall–Kier alpha value is -2.14. The zero-order valence-corrected chi connectivity index (χ0v) is 12.3. The van der Waals surface area contributed by atoms with Gasteiger partial charge in [0.2, 0.25) is 0 Å². The van der Waals surface area contributed by atoms with Gasteiger partial charge in [0, 0.05) is 10.0 Å². The summed E-state index contributed by atoms with van der Waals surface area (Å²) < 4.78 is 6.07. The molecule has 0 bridgehead atoms. The highest BCUT2D eigenvalue weighted by atomic mass is 79.9. The lowest BCUT2D eigenvalue weighted by Gasteiger charge is -2.04. The molecule has 0 atom stereocenters. The molecule has 2 aromatic rings. The maximum Gasteiger partial charge on any atom is 0.365 e. The van der Waals surface area contributed by atoms with Gasteiger partial charge in [-0.25, -0.2) is 4.79 Å². The number of oxime groups is 1. The molecule has 2 rings (SSSR count). The van der Waals surface area contributed by atoms with Gasteiger partial charge in [-0.15, -0.1) is 0 Å². The summed E-state index contributed by atoms with van der Waals surface area (Å²) in [5, 5.41) is 3.69. The van der Waals surface area contributed by atoms with Crippen molar-refractivity contribution >= 4 is 28.1 Å².